The number of benzene rings is 2. The van der Waals surface area contributed by atoms with Gasteiger partial charge in [-0.05, 0) is 48.4 Å². The van der Waals surface area contributed by atoms with Crippen LogP contribution in [-0.4, -0.2) is 4.98 Å². The van der Waals surface area contributed by atoms with Crippen LogP contribution in [0.25, 0.3) is 33.3 Å². The highest BCUT2D eigenvalue weighted by atomic mass is 14.9. The number of pyridine rings is 2. The lowest BCUT2D eigenvalue weighted by Gasteiger charge is -2.12. The van der Waals surface area contributed by atoms with E-state index in [-0.39, 0.29) is 0 Å². The van der Waals surface area contributed by atoms with Gasteiger partial charge in [0.05, 0.1) is 5.56 Å². The summed E-state index contributed by atoms with van der Waals surface area (Å²) in [5.74, 6) is 0. The van der Waals surface area contributed by atoms with E-state index < -0.39 is 0 Å². The maximum atomic E-state index is 4.17. The third-order valence-electron chi connectivity index (χ3n) is 4.58. The smallest absolute Gasteiger partial charge is 0.220 e. The van der Waals surface area contributed by atoms with E-state index in [1.165, 1.54) is 38.9 Å². The number of aromatic nitrogens is 2. The fraction of sp³-hybridized carbons (Fsp3) is 0.0909. The molecule has 2 heterocycles. The highest BCUT2D eigenvalue weighted by Crippen LogP contribution is 2.33. The van der Waals surface area contributed by atoms with Crippen molar-refractivity contribution in [3.63, 3.8) is 0 Å². The maximum absolute atomic E-state index is 4.17. The molecule has 2 aromatic carbocycles. The highest BCUT2D eigenvalue weighted by Gasteiger charge is 2.22. The Balaban J connectivity index is 2.14. The minimum atomic E-state index is 1.18. The molecule has 4 aromatic rings. The molecule has 0 aliphatic heterocycles. The molecule has 0 saturated carbocycles. The predicted molar refractivity (Wildman–Crippen MR) is 98.5 cm³/mol. The van der Waals surface area contributed by atoms with E-state index in [0.29, 0.717) is 0 Å². The van der Waals surface area contributed by atoms with Crippen LogP contribution in [-0.2, 0) is 7.05 Å². The largest absolute Gasteiger partial charge is 0.265 e. The lowest BCUT2D eigenvalue weighted by atomic mass is 9.95. The van der Waals surface area contributed by atoms with E-state index in [4.69, 9.17) is 0 Å². The summed E-state index contributed by atoms with van der Waals surface area (Å²) in [5.41, 5.74) is 7.42. The summed E-state index contributed by atoms with van der Waals surface area (Å²) in [6.45, 7) is 2.17. The van der Waals surface area contributed by atoms with Gasteiger partial charge in [0.25, 0.3) is 0 Å². The van der Waals surface area contributed by atoms with Crippen LogP contribution >= 0.6 is 0 Å². The molecular weight excluding hydrogens is 292 g/mol. The second-order valence-corrected chi connectivity index (χ2v) is 6.08. The van der Waals surface area contributed by atoms with Crippen molar-refractivity contribution >= 4 is 10.9 Å². The summed E-state index contributed by atoms with van der Waals surface area (Å²) >= 11 is 0. The molecule has 24 heavy (non-hydrogen) atoms. The molecule has 0 N–H and O–H groups in total. The van der Waals surface area contributed by atoms with Gasteiger partial charge in [-0.2, -0.15) is 4.57 Å². The third-order valence-corrected chi connectivity index (χ3v) is 4.58. The van der Waals surface area contributed by atoms with Gasteiger partial charge >= 0.3 is 0 Å². The van der Waals surface area contributed by atoms with Gasteiger partial charge in [0.15, 0.2) is 0 Å². The van der Waals surface area contributed by atoms with E-state index in [0.717, 1.165) is 0 Å². The first-order valence-corrected chi connectivity index (χ1v) is 8.14. The van der Waals surface area contributed by atoms with Gasteiger partial charge in [0.2, 0.25) is 11.2 Å². The minimum Gasteiger partial charge on any atom is -0.265 e. The van der Waals surface area contributed by atoms with Crippen molar-refractivity contribution in [1.82, 2.24) is 4.98 Å². The Hall–Kier alpha value is -3.00. The van der Waals surface area contributed by atoms with Gasteiger partial charge in [-0.1, -0.05) is 30.3 Å². The summed E-state index contributed by atoms with van der Waals surface area (Å²) in [6, 6.07) is 23.5. The molecule has 0 radical (unpaired) electrons. The van der Waals surface area contributed by atoms with Crippen LogP contribution in [0.15, 0.2) is 79.1 Å². The predicted octanol–water partition coefficient (Wildman–Crippen LogP) is 4.70. The average Bonchev–Trinajstić information content (AvgIpc) is 2.63. The highest BCUT2D eigenvalue weighted by molar-refractivity contribution is 5.88. The van der Waals surface area contributed by atoms with Gasteiger partial charge in [-0.15, -0.1) is 0 Å². The van der Waals surface area contributed by atoms with E-state index in [1.54, 1.807) is 0 Å². The minimum absolute atomic E-state index is 1.18. The zero-order chi connectivity index (χ0) is 16.5. The molecule has 0 amide bonds. The van der Waals surface area contributed by atoms with Crippen molar-refractivity contribution in [2.24, 2.45) is 7.05 Å². The number of nitrogens with zero attached hydrogens (tertiary/aromatic N) is 2. The zero-order valence-corrected chi connectivity index (χ0v) is 13.9. The van der Waals surface area contributed by atoms with Crippen LogP contribution in [0.5, 0.6) is 0 Å². The standard InChI is InChI=1S/C22H19N2/c1-16-7-3-5-9-19(16)22-20(17-11-13-23-14-12-17)15-18-8-4-6-10-21(18)24(22)2/h3-15H,1-2H3/q+1. The molecule has 2 heteroatoms. The first-order chi connectivity index (χ1) is 11.8. The molecule has 0 spiro atoms. The van der Waals surface area contributed by atoms with Crippen LogP contribution in [0.4, 0.5) is 0 Å². The van der Waals surface area contributed by atoms with Gasteiger partial charge in [-0.25, -0.2) is 0 Å². The molecule has 0 saturated heterocycles. The number of aryl methyl sites for hydroxylation is 2. The lowest BCUT2D eigenvalue weighted by molar-refractivity contribution is -0.633. The lowest BCUT2D eigenvalue weighted by Crippen LogP contribution is -2.33. The summed E-state index contributed by atoms with van der Waals surface area (Å²) in [7, 11) is 2.15. The molecule has 0 aliphatic rings. The molecule has 0 aliphatic carbocycles. The Morgan fingerprint density at radius 2 is 1.50 bits per heavy atom. The topological polar surface area (TPSA) is 16.8 Å². The number of rotatable bonds is 2. The first-order valence-electron chi connectivity index (χ1n) is 8.14. The molecule has 2 nitrogen and oxygen atoms in total. The zero-order valence-electron chi connectivity index (χ0n) is 13.9. The monoisotopic (exact) mass is 311 g/mol. The fourth-order valence-electron chi connectivity index (χ4n) is 3.36. The van der Waals surface area contributed by atoms with Gasteiger partial charge in [-0.3, -0.25) is 4.98 Å². The number of para-hydroxylation sites is 1. The second-order valence-electron chi connectivity index (χ2n) is 6.08. The summed E-state index contributed by atoms with van der Waals surface area (Å²) < 4.78 is 2.30. The molecule has 0 bridgehead atoms. The Bertz CT molecular complexity index is 1020. The average molecular weight is 311 g/mol. The van der Waals surface area contributed by atoms with Crippen molar-refractivity contribution in [2.45, 2.75) is 6.92 Å². The summed E-state index contributed by atoms with van der Waals surface area (Å²) in [4.78, 5) is 4.17. The molecule has 116 valence electrons. The number of fused-ring (bicyclic) bond motifs is 1. The van der Waals surface area contributed by atoms with Crippen molar-refractivity contribution in [3.8, 4) is 22.4 Å². The molecule has 0 atom stereocenters. The molecule has 0 fully saturated rings. The van der Waals surface area contributed by atoms with E-state index in [2.05, 4.69) is 90.3 Å². The Morgan fingerprint density at radius 1 is 0.792 bits per heavy atom. The van der Waals surface area contributed by atoms with Crippen molar-refractivity contribution in [1.29, 1.82) is 0 Å². The van der Waals surface area contributed by atoms with Gasteiger partial charge < -0.3 is 0 Å². The van der Waals surface area contributed by atoms with Crippen LogP contribution in [0.1, 0.15) is 5.56 Å². The quantitative estimate of drug-likeness (QED) is 0.490. The van der Waals surface area contributed by atoms with E-state index in [9.17, 15) is 0 Å². The number of hydrogen-bond donors (Lipinski definition) is 0. The maximum Gasteiger partial charge on any atom is 0.220 e. The van der Waals surface area contributed by atoms with Gasteiger partial charge in [0.1, 0.15) is 7.05 Å². The fourth-order valence-corrected chi connectivity index (χ4v) is 3.36. The SMILES string of the molecule is Cc1ccccc1-c1c(-c2ccncc2)cc2ccccc2[n+]1C. The van der Waals surface area contributed by atoms with Crippen molar-refractivity contribution in [2.75, 3.05) is 0 Å². The third kappa shape index (κ3) is 2.37. The Kier molecular flexibility index (Phi) is 3.58. The van der Waals surface area contributed by atoms with E-state index in [1.807, 2.05) is 12.4 Å². The van der Waals surface area contributed by atoms with Crippen LogP contribution < -0.4 is 4.57 Å². The van der Waals surface area contributed by atoms with Crippen molar-refractivity contribution < 1.29 is 4.57 Å². The molecule has 0 unspecified atom stereocenters. The van der Waals surface area contributed by atoms with Gasteiger partial charge in [0, 0.05) is 29.4 Å². The second kappa shape index (κ2) is 5.89. The van der Waals surface area contributed by atoms with Crippen molar-refractivity contribution in [3.05, 3.63) is 84.7 Å². The van der Waals surface area contributed by atoms with Crippen LogP contribution in [0.2, 0.25) is 0 Å². The molecule has 2 aromatic heterocycles. The normalized spacial score (nSPS) is 10.9. The molecular formula is C22H19N2+. The molecule has 4 rings (SSSR count). The Labute approximate surface area is 142 Å². The summed E-state index contributed by atoms with van der Waals surface area (Å²) in [6.07, 6.45) is 3.71. The summed E-state index contributed by atoms with van der Waals surface area (Å²) in [5, 5.41) is 1.24. The first kappa shape index (κ1) is 14.6. The van der Waals surface area contributed by atoms with Crippen LogP contribution in [0, 0.1) is 6.92 Å². The Morgan fingerprint density at radius 3 is 2.29 bits per heavy atom. The number of hydrogen-bond acceptors (Lipinski definition) is 1. The van der Waals surface area contributed by atoms with E-state index >= 15 is 0 Å². The van der Waals surface area contributed by atoms with Crippen LogP contribution in [0.3, 0.4) is 0 Å².